The molecule has 5 heteroatoms. The molecule has 1 aromatic carbocycles. The molecule has 0 spiro atoms. The van der Waals surface area contributed by atoms with Gasteiger partial charge in [0.1, 0.15) is 6.04 Å². The van der Waals surface area contributed by atoms with Crippen LogP contribution in [0.25, 0.3) is 0 Å². The number of methoxy groups -OCH3 is 1. The van der Waals surface area contributed by atoms with Crippen molar-refractivity contribution in [2.75, 3.05) is 27.2 Å². The lowest BCUT2D eigenvalue weighted by Gasteiger charge is -2.30. The van der Waals surface area contributed by atoms with Crippen LogP contribution in [-0.2, 0) is 20.7 Å². The van der Waals surface area contributed by atoms with Gasteiger partial charge in [-0.05, 0) is 70.3 Å². The Labute approximate surface area is 150 Å². The summed E-state index contributed by atoms with van der Waals surface area (Å²) < 4.78 is 4.90. The molecule has 5 nitrogen and oxygen atoms in total. The number of hydrogen-bond donors (Lipinski definition) is 1. The molecule has 0 bridgehead atoms. The molecule has 1 heterocycles. The van der Waals surface area contributed by atoms with E-state index in [0.717, 1.165) is 42.6 Å². The zero-order chi connectivity index (χ0) is 18.4. The van der Waals surface area contributed by atoms with Gasteiger partial charge in [-0.3, -0.25) is 4.79 Å². The molecule has 1 N–H and O–H groups in total. The minimum atomic E-state index is -0.559. The molecule has 0 aromatic heterocycles. The summed E-state index contributed by atoms with van der Waals surface area (Å²) >= 11 is 0. The molecule has 1 unspecified atom stereocenters. The first-order valence-electron chi connectivity index (χ1n) is 9.01. The number of esters is 1. The Balaban J connectivity index is 1.97. The van der Waals surface area contributed by atoms with Crippen LogP contribution in [0, 0.1) is 19.8 Å². The predicted molar refractivity (Wildman–Crippen MR) is 98.4 cm³/mol. The highest BCUT2D eigenvalue weighted by Gasteiger charge is 2.27. The van der Waals surface area contributed by atoms with E-state index in [2.05, 4.69) is 17.3 Å². The third kappa shape index (κ3) is 5.85. The molecule has 1 aliphatic heterocycles. The van der Waals surface area contributed by atoms with E-state index < -0.39 is 6.04 Å². The lowest BCUT2D eigenvalue weighted by atomic mass is 9.90. The standard InChI is InChI=1S/C20H30N2O3/c1-14-5-6-15(2)17(11-14)13-19(23)21-18(20(24)25-4)12-16-7-9-22(3)10-8-16/h5-6,11,16,18H,7-10,12-13H2,1-4H3,(H,21,23). The fourth-order valence-corrected chi connectivity index (χ4v) is 3.40. The van der Waals surface area contributed by atoms with Crippen LogP contribution in [0.1, 0.15) is 36.0 Å². The van der Waals surface area contributed by atoms with Gasteiger partial charge in [0.25, 0.3) is 0 Å². The third-order valence-electron chi connectivity index (χ3n) is 5.08. The van der Waals surface area contributed by atoms with Crippen LogP contribution in [0.5, 0.6) is 0 Å². The fraction of sp³-hybridized carbons (Fsp3) is 0.600. The van der Waals surface area contributed by atoms with Gasteiger partial charge in [-0.15, -0.1) is 0 Å². The second kappa shape index (κ2) is 8.99. The van der Waals surface area contributed by atoms with Gasteiger partial charge in [0.2, 0.25) is 5.91 Å². The largest absolute Gasteiger partial charge is 0.467 e. The first-order valence-corrected chi connectivity index (χ1v) is 9.01. The quantitative estimate of drug-likeness (QED) is 0.803. The smallest absolute Gasteiger partial charge is 0.328 e. The van der Waals surface area contributed by atoms with Crippen molar-refractivity contribution < 1.29 is 14.3 Å². The Kier molecular flexibility index (Phi) is 7.00. The van der Waals surface area contributed by atoms with Gasteiger partial charge in [0.05, 0.1) is 13.5 Å². The van der Waals surface area contributed by atoms with Gasteiger partial charge in [0, 0.05) is 0 Å². The SMILES string of the molecule is COC(=O)C(CC1CCN(C)CC1)NC(=O)Cc1cc(C)ccc1C. The Morgan fingerprint density at radius 1 is 1.28 bits per heavy atom. The molecular weight excluding hydrogens is 316 g/mol. The summed E-state index contributed by atoms with van der Waals surface area (Å²) in [4.78, 5) is 26.9. The van der Waals surface area contributed by atoms with E-state index in [1.807, 2.05) is 32.0 Å². The molecule has 0 radical (unpaired) electrons. The van der Waals surface area contributed by atoms with E-state index in [0.29, 0.717) is 12.3 Å². The molecule has 1 fully saturated rings. The van der Waals surface area contributed by atoms with Crippen LogP contribution in [0.4, 0.5) is 0 Å². The first kappa shape index (κ1) is 19.4. The normalized spacial score (nSPS) is 17.1. The maximum atomic E-state index is 12.5. The molecule has 1 aliphatic rings. The molecule has 25 heavy (non-hydrogen) atoms. The molecule has 1 aromatic rings. The number of hydrogen-bond acceptors (Lipinski definition) is 4. The Morgan fingerprint density at radius 2 is 1.96 bits per heavy atom. The van der Waals surface area contributed by atoms with E-state index in [1.165, 1.54) is 7.11 Å². The zero-order valence-electron chi connectivity index (χ0n) is 15.8. The fourth-order valence-electron chi connectivity index (χ4n) is 3.40. The van der Waals surface area contributed by atoms with E-state index in [9.17, 15) is 9.59 Å². The van der Waals surface area contributed by atoms with Gasteiger partial charge in [-0.2, -0.15) is 0 Å². The van der Waals surface area contributed by atoms with Crippen LogP contribution in [0.15, 0.2) is 18.2 Å². The van der Waals surface area contributed by atoms with Crippen LogP contribution in [0.2, 0.25) is 0 Å². The van der Waals surface area contributed by atoms with Gasteiger partial charge >= 0.3 is 5.97 Å². The molecule has 0 saturated carbocycles. The molecule has 1 saturated heterocycles. The number of aryl methyl sites for hydroxylation is 2. The number of benzene rings is 1. The summed E-state index contributed by atoms with van der Waals surface area (Å²) in [6.45, 7) is 6.08. The lowest BCUT2D eigenvalue weighted by molar-refractivity contribution is -0.145. The highest BCUT2D eigenvalue weighted by molar-refractivity contribution is 5.85. The second-order valence-electron chi connectivity index (χ2n) is 7.23. The number of piperidine rings is 1. The number of carbonyl (C=O) groups is 2. The number of carbonyl (C=O) groups excluding carboxylic acids is 2. The van der Waals surface area contributed by atoms with Gasteiger partial charge in [-0.1, -0.05) is 23.8 Å². The van der Waals surface area contributed by atoms with Crippen molar-refractivity contribution in [3.8, 4) is 0 Å². The minimum absolute atomic E-state index is 0.128. The Morgan fingerprint density at radius 3 is 2.60 bits per heavy atom. The van der Waals surface area contributed by atoms with Crippen molar-refractivity contribution in [2.24, 2.45) is 5.92 Å². The maximum Gasteiger partial charge on any atom is 0.328 e. The van der Waals surface area contributed by atoms with Gasteiger partial charge < -0.3 is 15.0 Å². The monoisotopic (exact) mass is 346 g/mol. The van der Waals surface area contributed by atoms with Crippen molar-refractivity contribution in [1.82, 2.24) is 10.2 Å². The first-order chi connectivity index (χ1) is 11.9. The van der Waals surface area contributed by atoms with Gasteiger partial charge in [-0.25, -0.2) is 4.79 Å². The number of ether oxygens (including phenoxy) is 1. The predicted octanol–water partition coefficient (Wildman–Crippen LogP) is 2.24. The van der Waals surface area contributed by atoms with E-state index in [1.54, 1.807) is 0 Å². The van der Waals surface area contributed by atoms with Crippen molar-refractivity contribution in [3.63, 3.8) is 0 Å². The average Bonchev–Trinajstić information content (AvgIpc) is 2.58. The topological polar surface area (TPSA) is 58.6 Å². The highest BCUT2D eigenvalue weighted by atomic mass is 16.5. The number of likely N-dealkylation sites (tertiary alicyclic amines) is 1. The van der Waals surface area contributed by atoms with Crippen LogP contribution in [-0.4, -0.2) is 50.1 Å². The Bertz CT molecular complexity index is 607. The van der Waals surface area contributed by atoms with Crippen LogP contribution >= 0.6 is 0 Å². The van der Waals surface area contributed by atoms with Crippen molar-refractivity contribution in [1.29, 1.82) is 0 Å². The van der Waals surface area contributed by atoms with E-state index >= 15 is 0 Å². The molecule has 1 atom stereocenters. The molecule has 1 amide bonds. The van der Waals surface area contributed by atoms with E-state index in [-0.39, 0.29) is 18.3 Å². The maximum absolute atomic E-state index is 12.5. The molecule has 0 aliphatic carbocycles. The number of nitrogens with one attached hydrogen (secondary N) is 1. The summed E-state index contributed by atoms with van der Waals surface area (Å²) in [6.07, 6.45) is 3.04. The minimum Gasteiger partial charge on any atom is -0.467 e. The highest BCUT2D eigenvalue weighted by Crippen LogP contribution is 2.21. The van der Waals surface area contributed by atoms with Crippen molar-refractivity contribution >= 4 is 11.9 Å². The number of rotatable bonds is 6. The zero-order valence-corrected chi connectivity index (χ0v) is 15.8. The lowest BCUT2D eigenvalue weighted by Crippen LogP contribution is -2.44. The summed E-state index contributed by atoms with van der Waals surface area (Å²) in [7, 11) is 3.49. The molecule has 138 valence electrons. The average molecular weight is 346 g/mol. The second-order valence-corrected chi connectivity index (χ2v) is 7.23. The van der Waals surface area contributed by atoms with Crippen molar-refractivity contribution in [3.05, 3.63) is 34.9 Å². The molecular formula is C20H30N2O3. The Hall–Kier alpha value is -1.88. The number of nitrogens with zero attached hydrogens (tertiary/aromatic N) is 1. The summed E-state index contributed by atoms with van der Waals surface area (Å²) in [5.74, 6) is -0.0356. The van der Waals surface area contributed by atoms with Crippen LogP contribution < -0.4 is 5.32 Å². The van der Waals surface area contributed by atoms with E-state index in [4.69, 9.17) is 4.74 Å². The number of amides is 1. The summed E-state index contributed by atoms with van der Waals surface area (Å²) in [5, 5.41) is 2.89. The van der Waals surface area contributed by atoms with Gasteiger partial charge in [0.15, 0.2) is 0 Å². The molecule has 2 rings (SSSR count). The third-order valence-corrected chi connectivity index (χ3v) is 5.08. The summed E-state index contributed by atoms with van der Waals surface area (Å²) in [6, 6.07) is 5.53. The van der Waals surface area contributed by atoms with Crippen molar-refractivity contribution in [2.45, 2.75) is 45.6 Å². The summed E-state index contributed by atoms with van der Waals surface area (Å²) in [5.41, 5.74) is 3.22. The van der Waals surface area contributed by atoms with Crippen LogP contribution in [0.3, 0.4) is 0 Å².